The maximum atomic E-state index is 15.3. The van der Waals surface area contributed by atoms with Crippen LogP contribution in [0.5, 0.6) is 10.1 Å². The van der Waals surface area contributed by atoms with E-state index in [0.717, 1.165) is 151 Å². The van der Waals surface area contributed by atoms with E-state index in [1.165, 1.54) is 236 Å². The van der Waals surface area contributed by atoms with Gasteiger partial charge in [-0.05, 0) is 145 Å². The fraction of sp³-hybridized carbons (Fsp3) is 0.500. The van der Waals surface area contributed by atoms with Crippen molar-refractivity contribution in [1.82, 2.24) is 9.80 Å². The quantitative estimate of drug-likeness (QED) is 0.0210. The van der Waals surface area contributed by atoms with Crippen molar-refractivity contribution in [2.45, 2.75) is 330 Å². The van der Waals surface area contributed by atoms with Crippen LogP contribution in [0.1, 0.15) is 354 Å². The average Bonchev–Trinajstić information content (AvgIpc) is 1.54. The largest absolute Gasteiger partial charge is 0.484 e. The second-order valence-corrected chi connectivity index (χ2v) is 82.7. The van der Waals surface area contributed by atoms with E-state index in [1.54, 1.807) is 61.6 Å². The third-order valence-corrected chi connectivity index (χ3v) is 56.8. The molecular weight excluding hydrogens is 2200 g/mol. The van der Waals surface area contributed by atoms with E-state index < -0.39 is 36.8 Å². The Labute approximate surface area is 878 Å². The number of aryl methyl sites for hydroxylation is 4. The fourth-order valence-electron chi connectivity index (χ4n) is 20.3. The summed E-state index contributed by atoms with van der Waals surface area (Å²) in [6.07, 6.45) is 43.8. The van der Waals surface area contributed by atoms with Crippen LogP contribution in [0.25, 0.3) is 73.1 Å². The number of thiophene rings is 8. The summed E-state index contributed by atoms with van der Waals surface area (Å²) in [6, 6.07) is 34.2. The normalized spacial score (nSPS) is 14.2. The van der Waals surface area contributed by atoms with Crippen LogP contribution in [0.4, 0.5) is 0 Å². The van der Waals surface area contributed by atoms with Crippen LogP contribution in [-0.2, 0) is 9.59 Å². The molecule has 0 saturated carbocycles. The number of ether oxygens (including phenoxy) is 2. The molecular formula is C116H146Br2N2O8S8Sn2. The summed E-state index contributed by atoms with van der Waals surface area (Å²) in [6.45, 7) is 24.3. The number of Topliss-reactive ketones (excluding diaryl/α,β-unsaturated/α-hetero) is 2. The van der Waals surface area contributed by atoms with Gasteiger partial charge in [-0.3, -0.25) is 33.8 Å². The molecule has 2 unspecified atom stereocenters. The monoisotopic (exact) mass is 2350 g/mol. The molecule has 2 atom stereocenters. The van der Waals surface area contributed by atoms with Gasteiger partial charge in [0.05, 0.1) is 28.9 Å². The molecule has 0 fully saturated rings. The molecule has 4 amide bonds. The number of nitrogens with zero attached hydrogens (tertiary/aromatic N) is 2. The molecule has 4 aliphatic rings. The van der Waals surface area contributed by atoms with Gasteiger partial charge in [-0.2, -0.15) is 0 Å². The molecule has 0 N–H and O–H groups in total. The Hall–Kier alpha value is -5.22. The zero-order valence-corrected chi connectivity index (χ0v) is 100. The molecule has 8 aromatic heterocycles. The first-order valence-electron chi connectivity index (χ1n) is 52.1. The van der Waals surface area contributed by atoms with Crippen LogP contribution in [0.2, 0.25) is 29.6 Å². The molecule has 0 radical (unpaired) electrons. The van der Waals surface area contributed by atoms with Crippen molar-refractivity contribution in [2.24, 2.45) is 11.8 Å². The van der Waals surface area contributed by atoms with E-state index in [4.69, 9.17) is 9.47 Å². The Bertz CT molecular complexity index is 6600. The maximum absolute atomic E-state index is 15.3. The van der Waals surface area contributed by atoms with E-state index >= 15 is 4.79 Å². The Morgan fingerprint density at radius 2 is 0.616 bits per heavy atom. The number of halogens is 2. The number of imide groups is 2. The molecule has 138 heavy (non-hydrogen) atoms. The van der Waals surface area contributed by atoms with Crippen molar-refractivity contribution in [2.75, 3.05) is 26.3 Å². The molecule has 0 spiro atoms. The van der Waals surface area contributed by atoms with Crippen LogP contribution in [0.15, 0.2) is 106 Å². The van der Waals surface area contributed by atoms with Crippen molar-refractivity contribution in [3.63, 3.8) is 0 Å². The van der Waals surface area contributed by atoms with Crippen LogP contribution < -0.4 is 36.1 Å². The van der Waals surface area contributed by atoms with Crippen LogP contribution in [0, 0.1) is 39.5 Å². The van der Waals surface area contributed by atoms with Gasteiger partial charge in [-0.25, -0.2) is 0 Å². The van der Waals surface area contributed by atoms with Crippen LogP contribution in [0.3, 0.4) is 0 Å². The van der Waals surface area contributed by atoms with Crippen molar-refractivity contribution in [3.8, 4) is 20.6 Å². The predicted molar refractivity (Wildman–Crippen MR) is 611 cm³/mol. The molecule has 0 bridgehead atoms. The van der Waals surface area contributed by atoms with Gasteiger partial charge >= 0.3 is 257 Å². The number of hydrogen-bond acceptors (Lipinski definition) is 16. The van der Waals surface area contributed by atoms with Crippen molar-refractivity contribution in [3.05, 3.63) is 189 Å². The smallest absolute Gasteiger partial charge is 0.262 e. The third kappa shape index (κ3) is 25.3. The van der Waals surface area contributed by atoms with Crippen LogP contribution in [-0.4, -0.2) is 108 Å². The molecule has 10 nitrogen and oxygen atoms in total. The Morgan fingerprint density at radius 3 is 0.986 bits per heavy atom. The summed E-state index contributed by atoms with van der Waals surface area (Å²) in [4.78, 5) is 112. The first-order valence-corrected chi connectivity index (χ1v) is 80.2. The van der Waals surface area contributed by atoms with Gasteiger partial charge in [-0.1, -0.05) is 251 Å². The summed E-state index contributed by atoms with van der Waals surface area (Å²) < 4.78 is 22.0. The van der Waals surface area contributed by atoms with Crippen molar-refractivity contribution >= 4 is 263 Å². The molecule has 0 saturated heterocycles. The first-order chi connectivity index (χ1) is 66.5. The number of amides is 4. The van der Waals surface area contributed by atoms with E-state index in [9.17, 15) is 24.0 Å². The van der Waals surface area contributed by atoms with Crippen molar-refractivity contribution < 1.29 is 38.2 Å². The molecule has 738 valence electrons. The topological polar surface area (TPSA) is 127 Å². The number of benzene rings is 4. The van der Waals surface area contributed by atoms with E-state index in [1.807, 2.05) is 65.2 Å². The van der Waals surface area contributed by atoms with Gasteiger partial charge in [0.15, 0.2) is 10.8 Å². The summed E-state index contributed by atoms with van der Waals surface area (Å²) >= 11 is 16.3. The number of carbonyl (C=O) groups excluding carboxylic acids is 6. The van der Waals surface area contributed by atoms with Gasteiger partial charge in [0.1, 0.15) is 0 Å². The van der Waals surface area contributed by atoms with Crippen LogP contribution >= 0.6 is 123 Å². The minimum atomic E-state index is -2.31. The summed E-state index contributed by atoms with van der Waals surface area (Å²) in [7, 11) is 0. The second kappa shape index (κ2) is 50.7. The number of hydrogen-bond donors (Lipinski definition) is 0. The Balaban J connectivity index is 0.000000179. The zero-order valence-electron chi connectivity index (χ0n) is 84.9. The molecule has 4 aromatic carbocycles. The van der Waals surface area contributed by atoms with Gasteiger partial charge in [0.25, 0.3) is 23.6 Å². The van der Waals surface area contributed by atoms with Crippen molar-refractivity contribution in [1.29, 1.82) is 0 Å². The molecule has 22 heteroatoms. The average molecular weight is 2350 g/mol. The second-order valence-electron chi connectivity index (χ2n) is 41.1. The van der Waals surface area contributed by atoms with Gasteiger partial charge in [-0.15, -0.1) is 34.0 Å². The minimum Gasteiger partial charge on any atom is -0.484 e. The third-order valence-electron chi connectivity index (χ3n) is 27.9. The van der Waals surface area contributed by atoms with Gasteiger partial charge in [0, 0.05) is 99.8 Å². The number of unbranched alkanes of at least 4 members (excludes halogenated alkanes) is 26. The summed E-state index contributed by atoms with van der Waals surface area (Å²) in [5.74, 6) is 0.305. The summed E-state index contributed by atoms with van der Waals surface area (Å²) in [5.41, 5.74) is 7.01. The standard InChI is InChI=1S/C56H67NO4S4.C30H26O2S4.C24H35Br2NO2.6CH3.2Sn/c1-7-10-13-16-18-21-24-38(23-20-15-12-9-3)34-57-55(59)46-35(4)25-27-39(47(46)56(57)60)42-29-30-44(64-42)49-51-50(48(52(49)58)43-28-26-36(5)62-43)53-40(32-37(6)63-53)41-33-45(65-54(41)51)61-31-22-19-17-14-11-8-2;1-3-4-5-6-7-8-13-32-23-17-20-19-16-18(2)35-29(19)26-24(21-11-9-14-33-21)28(31)25(22-12-10-15-34-22)27(26)30(20)36-23;1-3-5-7-9-10-12-14-18(13-11-8-6-4-2)17-27-23(28)21-19(25)15-16-20(26)22(21)24(27)29;;;;;;;;/h25-30,32-33,38H,7-24,31,34H2,1-6H3;9-12,16-17H,3-8,13H2,1-2H3;15-16,18H,3-14,17H2,1-2H3;6*1H3;;. The molecule has 2 aliphatic heterocycles. The van der Waals surface area contributed by atoms with Gasteiger partial charge < -0.3 is 4.74 Å². The number of fused-ring (bicyclic) bond motifs is 14. The molecule has 16 rings (SSSR count). The first kappa shape index (κ1) is 108. The maximum Gasteiger partial charge on any atom is 0.262 e. The van der Waals surface area contributed by atoms with E-state index in [0.29, 0.717) is 68.3 Å². The van der Waals surface area contributed by atoms with Gasteiger partial charge in [0.2, 0.25) is 0 Å². The summed E-state index contributed by atoms with van der Waals surface area (Å²) in [5, 5.41) is 11.0. The SMILES string of the molecule is CCCCCCCCC(CCCCCC)CN1C(=O)c2c(Br)ccc(Br)c2C1=O.CCCCCCCCOc1cc2c(s1)c1c(c3sc(C)cc32)=C(c2cc[c]([Sn]([CH3])([CH3])[CH3])s2)C(=O)C=1c1cc[c]([Sn]([CH3])([CH3])[CH3])s1.CCCCCCCCOc1cc2c(s1)c1c(c3sc(C)cc32)=C(c2ccc(C)s2)C(=O)C=1c1ccc(-c2ccc(C)c3c2C(=O)N(CC(CCCCCC)CCCCCCCC)C3=O)s1. The number of carbonyl (C=O) groups is 6. The minimum absolute atomic E-state index is 0.0416. The van der Waals surface area contributed by atoms with E-state index in [-0.39, 0.29) is 35.2 Å². The Kier molecular flexibility index (Phi) is 39.9. The molecule has 12 aromatic rings. The Morgan fingerprint density at radius 1 is 0.304 bits per heavy atom. The van der Waals surface area contributed by atoms with E-state index in [2.05, 4.69) is 197 Å². The molecule has 2 aliphatic carbocycles. The zero-order chi connectivity index (χ0) is 98.2. The predicted octanol–water partition coefficient (Wildman–Crippen LogP) is 33.0. The number of ketones is 2. The fourth-order valence-corrected chi connectivity index (χ4v) is 40.4. The number of rotatable bonds is 51. The molecule has 10 heterocycles.